The molecule has 3 nitrogen and oxygen atoms in total. The zero-order valence-electron chi connectivity index (χ0n) is 16.5. The van der Waals surface area contributed by atoms with Crippen molar-refractivity contribution in [2.24, 2.45) is 0 Å². The van der Waals surface area contributed by atoms with Gasteiger partial charge in [-0.1, -0.05) is 66.7 Å². The number of nitriles is 2. The second-order valence-corrected chi connectivity index (χ2v) is 7.66. The number of hydrogen-bond acceptors (Lipinski definition) is 2. The molecule has 0 aliphatic heterocycles. The number of hydrogen-bond donors (Lipinski definition) is 0. The third-order valence-corrected chi connectivity index (χ3v) is 5.98. The first-order valence-electron chi connectivity index (χ1n) is 10.1. The fourth-order valence-corrected chi connectivity index (χ4v) is 4.77. The van der Waals surface area contributed by atoms with Crippen LogP contribution < -0.4 is 0 Å². The van der Waals surface area contributed by atoms with Crippen molar-refractivity contribution in [3.63, 3.8) is 0 Å². The van der Waals surface area contributed by atoms with Gasteiger partial charge in [0.25, 0.3) is 0 Å². The van der Waals surface area contributed by atoms with Gasteiger partial charge in [-0.25, -0.2) is 0 Å². The molecular formula is C28H15N3. The van der Waals surface area contributed by atoms with Crippen molar-refractivity contribution in [3.8, 4) is 17.8 Å². The Morgan fingerprint density at radius 2 is 1.06 bits per heavy atom. The number of fused-ring (bicyclic) bond motifs is 8. The van der Waals surface area contributed by atoms with Gasteiger partial charge in [0.2, 0.25) is 0 Å². The van der Waals surface area contributed by atoms with Crippen LogP contribution >= 0.6 is 0 Å². The molecule has 0 amide bonds. The third-order valence-electron chi connectivity index (χ3n) is 5.98. The van der Waals surface area contributed by atoms with E-state index in [0.717, 1.165) is 27.5 Å². The molecule has 31 heavy (non-hydrogen) atoms. The molecule has 142 valence electrons. The zero-order chi connectivity index (χ0) is 20.9. The SMILES string of the molecule is N#Cc1cc(C#N)cc(-n2c3ccccc3c3c4ccccc4c4ccccc4c32)c1. The Kier molecular flexibility index (Phi) is 3.60. The lowest BCUT2D eigenvalue weighted by molar-refractivity contribution is 1.18. The molecular weight excluding hydrogens is 378 g/mol. The van der Waals surface area contributed by atoms with Crippen molar-refractivity contribution in [1.82, 2.24) is 4.57 Å². The van der Waals surface area contributed by atoms with Gasteiger partial charge in [0.1, 0.15) is 0 Å². The molecule has 6 rings (SSSR count). The lowest BCUT2D eigenvalue weighted by Gasteiger charge is -2.12. The van der Waals surface area contributed by atoms with Crippen molar-refractivity contribution < 1.29 is 0 Å². The van der Waals surface area contributed by atoms with E-state index in [0.29, 0.717) is 11.1 Å². The summed E-state index contributed by atoms with van der Waals surface area (Å²) >= 11 is 0. The molecule has 5 aromatic carbocycles. The summed E-state index contributed by atoms with van der Waals surface area (Å²) in [6.45, 7) is 0. The minimum absolute atomic E-state index is 0.477. The highest BCUT2D eigenvalue weighted by Crippen LogP contribution is 2.42. The van der Waals surface area contributed by atoms with E-state index in [4.69, 9.17) is 0 Å². The highest BCUT2D eigenvalue weighted by atomic mass is 15.0. The molecule has 1 aromatic heterocycles. The predicted molar refractivity (Wildman–Crippen MR) is 125 cm³/mol. The second kappa shape index (κ2) is 6.46. The van der Waals surface area contributed by atoms with Gasteiger partial charge >= 0.3 is 0 Å². The lowest BCUT2D eigenvalue weighted by Crippen LogP contribution is -1.97. The molecule has 0 radical (unpaired) electrons. The van der Waals surface area contributed by atoms with Gasteiger partial charge in [0.05, 0.1) is 34.3 Å². The summed E-state index contributed by atoms with van der Waals surface area (Å²) in [5.74, 6) is 0. The first-order chi connectivity index (χ1) is 15.3. The van der Waals surface area contributed by atoms with Gasteiger partial charge < -0.3 is 4.57 Å². The number of nitrogens with zero attached hydrogens (tertiary/aromatic N) is 3. The molecule has 0 fully saturated rings. The lowest BCUT2D eigenvalue weighted by atomic mass is 9.97. The number of rotatable bonds is 1. The summed E-state index contributed by atoms with van der Waals surface area (Å²) in [5.41, 5.74) is 3.92. The Morgan fingerprint density at radius 3 is 1.71 bits per heavy atom. The molecule has 0 saturated carbocycles. The maximum absolute atomic E-state index is 9.55. The normalized spacial score (nSPS) is 11.2. The Bertz CT molecular complexity index is 1730. The predicted octanol–water partition coefficient (Wildman–Crippen LogP) is 6.83. The van der Waals surface area contributed by atoms with Gasteiger partial charge in [-0.15, -0.1) is 0 Å². The zero-order valence-corrected chi connectivity index (χ0v) is 16.5. The van der Waals surface area contributed by atoms with Crippen LogP contribution in [0.15, 0.2) is 91.0 Å². The summed E-state index contributed by atoms with van der Waals surface area (Å²) in [6, 6.07) is 35.0. The number of para-hydroxylation sites is 1. The standard InChI is InChI=1S/C28H15N3/c29-16-18-13-19(17-30)15-20(14-18)31-26-12-6-5-11-25(26)27-23-9-3-1-7-21(23)22-8-2-4-10-24(22)28(27)31/h1-15H. The molecule has 6 aromatic rings. The molecule has 1 heterocycles. The van der Waals surface area contributed by atoms with E-state index in [9.17, 15) is 10.5 Å². The molecule has 0 atom stereocenters. The molecule has 0 aliphatic rings. The second-order valence-electron chi connectivity index (χ2n) is 7.66. The smallest absolute Gasteiger partial charge is 0.0992 e. The first-order valence-corrected chi connectivity index (χ1v) is 10.1. The Balaban J connectivity index is 1.95. The van der Waals surface area contributed by atoms with Crippen LogP contribution in [0, 0.1) is 22.7 Å². The van der Waals surface area contributed by atoms with E-state index in [2.05, 4.69) is 83.4 Å². The molecule has 0 saturated heterocycles. The third kappa shape index (κ3) is 2.38. The highest BCUT2D eigenvalue weighted by molar-refractivity contribution is 6.32. The van der Waals surface area contributed by atoms with Crippen molar-refractivity contribution in [2.75, 3.05) is 0 Å². The molecule has 0 spiro atoms. The fraction of sp³-hybridized carbons (Fsp3) is 0. The molecule has 0 unspecified atom stereocenters. The van der Waals surface area contributed by atoms with Crippen molar-refractivity contribution in [3.05, 3.63) is 102 Å². The summed E-state index contributed by atoms with van der Waals surface area (Å²) < 4.78 is 2.20. The fourth-order valence-electron chi connectivity index (χ4n) is 4.77. The average Bonchev–Trinajstić information content (AvgIpc) is 3.19. The van der Waals surface area contributed by atoms with Gasteiger partial charge in [-0.3, -0.25) is 0 Å². The molecule has 0 N–H and O–H groups in total. The van der Waals surface area contributed by atoms with Gasteiger partial charge in [-0.2, -0.15) is 10.5 Å². The Labute approximate surface area is 178 Å². The molecule has 0 aliphatic carbocycles. The van der Waals surface area contributed by atoms with E-state index in [1.165, 1.54) is 21.5 Å². The van der Waals surface area contributed by atoms with Crippen LogP contribution in [0.4, 0.5) is 0 Å². The summed E-state index contributed by atoms with van der Waals surface area (Å²) in [7, 11) is 0. The van der Waals surface area contributed by atoms with Crippen LogP contribution in [0.5, 0.6) is 0 Å². The maximum Gasteiger partial charge on any atom is 0.0992 e. The van der Waals surface area contributed by atoms with Crippen molar-refractivity contribution >= 4 is 43.4 Å². The number of benzene rings is 5. The highest BCUT2D eigenvalue weighted by Gasteiger charge is 2.18. The first kappa shape index (κ1) is 17.3. The van der Waals surface area contributed by atoms with Gasteiger partial charge in [0.15, 0.2) is 0 Å². The largest absolute Gasteiger partial charge is 0.309 e. The van der Waals surface area contributed by atoms with Crippen LogP contribution in [0.2, 0.25) is 0 Å². The Hall–Kier alpha value is -4.60. The van der Waals surface area contributed by atoms with Crippen LogP contribution in [0.25, 0.3) is 49.0 Å². The van der Waals surface area contributed by atoms with Crippen molar-refractivity contribution in [2.45, 2.75) is 0 Å². The Morgan fingerprint density at radius 1 is 0.548 bits per heavy atom. The van der Waals surface area contributed by atoms with E-state index in [1.54, 1.807) is 6.07 Å². The van der Waals surface area contributed by atoms with E-state index in [-0.39, 0.29) is 0 Å². The van der Waals surface area contributed by atoms with Crippen molar-refractivity contribution in [1.29, 1.82) is 10.5 Å². The van der Waals surface area contributed by atoms with Crippen LogP contribution in [-0.2, 0) is 0 Å². The maximum atomic E-state index is 9.55. The van der Waals surface area contributed by atoms with E-state index in [1.807, 2.05) is 18.2 Å². The topological polar surface area (TPSA) is 52.5 Å². The number of aromatic nitrogens is 1. The summed E-state index contributed by atoms with van der Waals surface area (Å²) in [4.78, 5) is 0. The van der Waals surface area contributed by atoms with Gasteiger partial charge in [-0.05, 0) is 40.4 Å². The minimum Gasteiger partial charge on any atom is -0.309 e. The molecule has 3 heteroatoms. The average molecular weight is 393 g/mol. The van der Waals surface area contributed by atoms with E-state index >= 15 is 0 Å². The van der Waals surface area contributed by atoms with Crippen LogP contribution in [-0.4, -0.2) is 4.57 Å². The summed E-state index contributed by atoms with van der Waals surface area (Å²) in [5, 5.41) is 26.2. The monoisotopic (exact) mass is 393 g/mol. The summed E-state index contributed by atoms with van der Waals surface area (Å²) in [6.07, 6.45) is 0. The van der Waals surface area contributed by atoms with E-state index < -0.39 is 0 Å². The quantitative estimate of drug-likeness (QED) is 0.287. The molecule has 0 bridgehead atoms. The van der Waals surface area contributed by atoms with Gasteiger partial charge in [0, 0.05) is 21.8 Å². The minimum atomic E-state index is 0.477. The van der Waals surface area contributed by atoms with Crippen LogP contribution in [0.1, 0.15) is 11.1 Å². The van der Waals surface area contributed by atoms with Crippen LogP contribution in [0.3, 0.4) is 0 Å².